The van der Waals surface area contributed by atoms with Crippen molar-refractivity contribution in [3.05, 3.63) is 35.4 Å². The van der Waals surface area contributed by atoms with Gasteiger partial charge in [-0.2, -0.15) is 0 Å². The lowest BCUT2D eigenvalue weighted by molar-refractivity contribution is -0.133. The van der Waals surface area contributed by atoms with Crippen molar-refractivity contribution in [1.82, 2.24) is 4.90 Å². The van der Waals surface area contributed by atoms with Crippen molar-refractivity contribution in [3.63, 3.8) is 0 Å². The monoisotopic (exact) mass is 246 g/mol. The Labute approximate surface area is 109 Å². The summed E-state index contributed by atoms with van der Waals surface area (Å²) in [4.78, 5) is 14.1. The van der Waals surface area contributed by atoms with Crippen molar-refractivity contribution in [2.75, 3.05) is 13.1 Å². The van der Waals surface area contributed by atoms with Crippen LogP contribution in [0.25, 0.3) is 0 Å². The van der Waals surface area contributed by atoms with E-state index in [0.717, 1.165) is 31.5 Å². The van der Waals surface area contributed by atoms with Crippen LogP contribution >= 0.6 is 0 Å². The van der Waals surface area contributed by atoms with Gasteiger partial charge in [-0.25, -0.2) is 0 Å². The van der Waals surface area contributed by atoms with Crippen LogP contribution in [0.1, 0.15) is 30.4 Å². The third-order valence-electron chi connectivity index (χ3n) is 3.56. The second-order valence-electron chi connectivity index (χ2n) is 5.18. The molecule has 1 atom stereocenters. The molecule has 0 saturated carbocycles. The number of hydrogen-bond acceptors (Lipinski definition) is 2. The van der Waals surface area contributed by atoms with Gasteiger partial charge in [0, 0.05) is 13.1 Å². The van der Waals surface area contributed by atoms with Gasteiger partial charge in [0.05, 0.1) is 6.04 Å². The molecule has 1 aliphatic heterocycles. The highest BCUT2D eigenvalue weighted by Gasteiger charge is 2.22. The molecule has 1 unspecified atom stereocenters. The maximum Gasteiger partial charge on any atom is 0.239 e. The molecule has 2 rings (SSSR count). The zero-order valence-electron chi connectivity index (χ0n) is 11.1. The van der Waals surface area contributed by atoms with Crippen LogP contribution in [0.2, 0.25) is 0 Å². The summed E-state index contributed by atoms with van der Waals surface area (Å²) in [5.74, 6) is 0.107. The number of hydrogen-bond donors (Lipinski definition) is 1. The largest absolute Gasteiger partial charge is 0.341 e. The van der Waals surface area contributed by atoms with E-state index in [1.54, 1.807) is 0 Å². The number of piperidine rings is 1. The van der Waals surface area contributed by atoms with E-state index >= 15 is 0 Å². The van der Waals surface area contributed by atoms with E-state index in [1.165, 1.54) is 12.0 Å². The molecule has 1 aromatic carbocycles. The van der Waals surface area contributed by atoms with Gasteiger partial charge in [0.1, 0.15) is 0 Å². The molecule has 0 aliphatic carbocycles. The van der Waals surface area contributed by atoms with Crippen LogP contribution in [-0.4, -0.2) is 29.9 Å². The fraction of sp³-hybridized carbons (Fsp3) is 0.533. The van der Waals surface area contributed by atoms with Crippen LogP contribution in [0.5, 0.6) is 0 Å². The van der Waals surface area contributed by atoms with Gasteiger partial charge in [-0.3, -0.25) is 4.79 Å². The lowest BCUT2D eigenvalue weighted by Gasteiger charge is -2.29. The summed E-state index contributed by atoms with van der Waals surface area (Å²) in [7, 11) is 0. The first-order chi connectivity index (χ1) is 8.66. The minimum Gasteiger partial charge on any atom is -0.341 e. The van der Waals surface area contributed by atoms with Gasteiger partial charge in [-0.15, -0.1) is 0 Å². The van der Waals surface area contributed by atoms with Gasteiger partial charge >= 0.3 is 0 Å². The van der Waals surface area contributed by atoms with Crippen molar-refractivity contribution in [3.8, 4) is 0 Å². The smallest absolute Gasteiger partial charge is 0.239 e. The third kappa shape index (κ3) is 3.33. The molecule has 98 valence electrons. The number of rotatable bonds is 3. The van der Waals surface area contributed by atoms with Gasteiger partial charge in [0.15, 0.2) is 0 Å². The summed E-state index contributed by atoms with van der Waals surface area (Å²) in [6.45, 7) is 3.81. The Morgan fingerprint density at radius 3 is 2.44 bits per heavy atom. The maximum atomic E-state index is 12.2. The molecule has 1 saturated heterocycles. The highest BCUT2D eigenvalue weighted by atomic mass is 16.2. The van der Waals surface area contributed by atoms with Crippen molar-refractivity contribution in [2.45, 2.75) is 38.6 Å². The SMILES string of the molecule is Cc1ccc(CC(N)C(=O)N2CCCCC2)cc1. The van der Waals surface area contributed by atoms with E-state index in [4.69, 9.17) is 5.73 Å². The maximum absolute atomic E-state index is 12.2. The predicted octanol–water partition coefficient (Wildman–Crippen LogP) is 1.88. The average molecular weight is 246 g/mol. The van der Waals surface area contributed by atoms with Crippen LogP contribution in [0.3, 0.4) is 0 Å². The van der Waals surface area contributed by atoms with Crippen LogP contribution in [-0.2, 0) is 11.2 Å². The molecule has 2 N–H and O–H groups in total. The first-order valence-electron chi connectivity index (χ1n) is 6.77. The standard InChI is InChI=1S/C15H22N2O/c1-12-5-7-13(8-6-12)11-14(16)15(18)17-9-3-2-4-10-17/h5-8,14H,2-4,9-11,16H2,1H3. The molecule has 1 fully saturated rings. The van der Waals surface area contributed by atoms with Crippen molar-refractivity contribution >= 4 is 5.91 Å². The number of benzene rings is 1. The first-order valence-corrected chi connectivity index (χ1v) is 6.77. The summed E-state index contributed by atoms with van der Waals surface area (Å²) < 4.78 is 0. The fourth-order valence-electron chi connectivity index (χ4n) is 2.41. The molecule has 1 aliphatic rings. The van der Waals surface area contributed by atoms with E-state index in [0.29, 0.717) is 6.42 Å². The van der Waals surface area contributed by atoms with E-state index in [1.807, 2.05) is 4.90 Å². The molecule has 18 heavy (non-hydrogen) atoms. The van der Waals surface area contributed by atoms with E-state index in [9.17, 15) is 4.79 Å². The molecular formula is C15H22N2O. The third-order valence-corrected chi connectivity index (χ3v) is 3.56. The minimum absolute atomic E-state index is 0.107. The van der Waals surface area contributed by atoms with Crippen LogP contribution in [0.4, 0.5) is 0 Å². The number of likely N-dealkylation sites (tertiary alicyclic amines) is 1. The second kappa shape index (κ2) is 6.01. The van der Waals surface area contributed by atoms with Gasteiger partial charge in [0.2, 0.25) is 5.91 Å². The molecule has 3 heteroatoms. The van der Waals surface area contributed by atoms with E-state index in [2.05, 4.69) is 31.2 Å². The molecule has 1 amide bonds. The average Bonchev–Trinajstić information content (AvgIpc) is 2.41. The highest BCUT2D eigenvalue weighted by Crippen LogP contribution is 2.12. The number of amides is 1. The van der Waals surface area contributed by atoms with Crippen molar-refractivity contribution < 1.29 is 4.79 Å². The molecule has 0 radical (unpaired) electrons. The Morgan fingerprint density at radius 1 is 1.22 bits per heavy atom. The summed E-state index contributed by atoms with van der Waals surface area (Å²) in [5, 5.41) is 0. The zero-order chi connectivity index (χ0) is 13.0. The molecular weight excluding hydrogens is 224 g/mol. The lowest BCUT2D eigenvalue weighted by atomic mass is 10.0. The molecule has 3 nitrogen and oxygen atoms in total. The van der Waals surface area contributed by atoms with Crippen molar-refractivity contribution in [2.24, 2.45) is 5.73 Å². The quantitative estimate of drug-likeness (QED) is 0.885. The number of nitrogens with two attached hydrogens (primary N) is 1. The highest BCUT2D eigenvalue weighted by molar-refractivity contribution is 5.82. The van der Waals surface area contributed by atoms with Crippen LogP contribution in [0, 0.1) is 6.92 Å². The molecule has 1 heterocycles. The van der Waals surface area contributed by atoms with Gasteiger partial charge in [0.25, 0.3) is 0 Å². The summed E-state index contributed by atoms with van der Waals surface area (Å²) in [6, 6.07) is 7.84. The lowest BCUT2D eigenvalue weighted by Crippen LogP contribution is -2.46. The predicted molar refractivity (Wildman–Crippen MR) is 73.3 cm³/mol. The van der Waals surface area contributed by atoms with Crippen LogP contribution in [0.15, 0.2) is 24.3 Å². The topological polar surface area (TPSA) is 46.3 Å². The summed E-state index contributed by atoms with van der Waals surface area (Å²) >= 11 is 0. The minimum atomic E-state index is -0.397. The second-order valence-corrected chi connectivity index (χ2v) is 5.18. The zero-order valence-corrected chi connectivity index (χ0v) is 11.1. The van der Waals surface area contributed by atoms with Gasteiger partial charge < -0.3 is 10.6 Å². The molecule has 1 aromatic rings. The Morgan fingerprint density at radius 2 is 1.83 bits per heavy atom. The Hall–Kier alpha value is -1.35. The van der Waals surface area contributed by atoms with Crippen molar-refractivity contribution in [1.29, 1.82) is 0 Å². The first kappa shape index (κ1) is 13.1. The number of aryl methyl sites for hydroxylation is 1. The Balaban J connectivity index is 1.92. The number of nitrogens with zero attached hydrogens (tertiary/aromatic N) is 1. The number of carbonyl (C=O) groups excluding carboxylic acids is 1. The number of carbonyl (C=O) groups is 1. The van der Waals surface area contributed by atoms with Gasteiger partial charge in [-0.1, -0.05) is 29.8 Å². The van der Waals surface area contributed by atoms with E-state index in [-0.39, 0.29) is 5.91 Å². The molecule has 0 aromatic heterocycles. The Kier molecular flexibility index (Phi) is 4.37. The van der Waals surface area contributed by atoms with E-state index < -0.39 is 6.04 Å². The fourth-order valence-corrected chi connectivity index (χ4v) is 2.41. The summed E-state index contributed by atoms with van der Waals surface area (Å²) in [5.41, 5.74) is 8.40. The normalized spacial score (nSPS) is 17.6. The Bertz CT molecular complexity index is 393. The van der Waals surface area contributed by atoms with Crippen LogP contribution < -0.4 is 5.73 Å². The van der Waals surface area contributed by atoms with Gasteiger partial charge in [-0.05, 0) is 38.2 Å². The summed E-state index contributed by atoms with van der Waals surface area (Å²) in [6.07, 6.45) is 4.10. The molecule has 0 spiro atoms. The molecule has 0 bridgehead atoms.